The maximum absolute atomic E-state index is 12.6. The van der Waals surface area contributed by atoms with Gasteiger partial charge in [-0.25, -0.2) is 22.0 Å². The van der Waals surface area contributed by atoms with E-state index >= 15 is 0 Å². The molecule has 1 aliphatic heterocycles. The van der Waals surface area contributed by atoms with Gasteiger partial charge in [0.15, 0.2) is 5.00 Å². The third-order valence-corrected chi connectivity index (χ3v) is 8.71. The van der Waals surface area contributed by atoms with Crippen molar-refractivity contribution in [3.63, 3.8) is 0 Å². The number of hydrogen-bond donors (Lipinski definition) is 1. The zero-order valence-corrected chi connectivity index (χ0v) is 17.0. The highest BCUT2D eigenvalue weighted by Gasteiger charge is 2.32. The average molecular weight is 447 g/mol. The molecule has 0 aliphatic carbocycles. The minimum Gasteiger partial charge on any atom is -0.355 e. The van der Waals surface area contributed by atoms with E-state index in [1.54, 1.807) is 35.2 Å². The summed E-state index contributed by atoms with van der Waals surface area (Å²) < 4.78 is 49.3. The van der Waals surface area contributed by atoms with Crippen molar-refractivity contribution in [2.45, 2.75) is 9.96 Å². The lowest BCUT2D eigenvalue weighted by atomic mass is 10.2. The zero-order valence-electron chi connectivity index (χ0n) is 14.6. The Morgan fingerprint density at radius 1 is 1.07 bits per heavy atom. The smallest absolute Gasteiger partial charge is 0.305 e. The highest BCUT2D eigenvalue weighted by atomic mass is 32.2. The predicted octanol–water partition coefficient (Wildman–Crippen LogP) is 0.956. The SMILES string of the molecule is NS(=O)(=O)c1cc([N+](=O)[O-])c(N2CCN(S(=O)(=O)Cc3ccccc3)CC2)s1. The molecule has 0 radical (unpaired) electrons. The Labute approximate surface area is 166 Å². The highest BCUT2D eigenvalue weighted by molar-refractivity contribution is 7.91. The number of benzene rings is 1. The number of nitrogens with two attached hydrogens (primary N) is 1. The number of anilines is 1. The second-order valence-corrected chi connectivity index (χ2v) is 11.0. The normalized spacial score (nSPS) is 16.2. The number of nitro groups is 1. The van der Waals surface area contributed by atoms with Crippen LogP contribution in [0.2, 0.25) is 0 Å². The summed E-state index contributed by atoms with van der Waals surface area (Å²) in [6, 6.07) is 9.74. The quantitative estimate of drug-likeness (QED) is 0.514. The molecule has 1 fully saturated rings. The lowest BCUT2D eigenvalue weighted by Gasteiger charge is -2.34. The maximum Gasteiger partial charge on any atom is 0.305 e. The van der Waals surface area contributed by atoms with E-state index in [9.17, 15) is 26.9 Å². The standard InChI is InChI=1S/C15H18N4O6S3/c16-28(24,25)14-10-13(19(20)21)15(26-14)17-6-8-18(9-7-17)27(22,23)11-12-4-2-1-3-5-12/h1-5,10H,6-9,11H2,(H2,16,24,25). The molecule has 1 aromatic carbocycles. The van der Waals surface area contributed by atoms with Crippen molar-refractivity contribution in [1.29, 1.82) is 0 Å². The molecule has 0 unspecified atom stereocenters. The van der Waals surface area contributed by atoms with Crippen LogP contribution < -0.4 is 10.0 Å². The molecule has 0 amide bonds. The van der Waals surface area contributed by atoms with Crippen LogP contribution >= 0.6 is 11.3 Å². The number of primary sulfonamides is 1. The van der Waals surface area contributed by atoms with Gasteiger partial charge in [0.05, 0.1) is 10.7 Å². The second-order valence-electron chi connectivity index (χ2n) is 6.19. The number of hydrogen-bond acceptors (Lipinski definition) is 8. The molecule has 28 heavy (non-hydrogen) atoms. The van der Waals surface area contributed by atoms with E-state index < -0.39 is 25.0 Å². The van der Waals surface area contributed by atoms with Crippen LogP contribution in [0.15, 0.2) is 40.6 Å². The Balaban J connectivity index is 1.75. The van der Waals surface area contributed by atoms with Crippen molar-refractivity contribution < 1.29 is 21.8 Å². The van der Waals surface area contributed by atoms with E-state index in [0.29, 0.717) is 16.9 Å². The largest absolute Gasteiger partial charge is 0.355 e. The van der Waals surface area contributed by atoms with Gasteiger partial charge in [-0.15, -0.1) is 0 Å². The van der Waals surface area contributed by atoms with Crippen LogP contribution in [-0.2, 0) is 25.8 Å². The van der Waals surface area contributed by atoms with Crippen LogP contribution in [0.1, 0.15) is 5.56 Å². The summed E-state index contributed by atoms with van der Waals surface area (Å²) in [6.45, 7) is 0.711. The van der Waals surface area contributed by atoms with Gasteiger partial charge in [-0.05, 0) is 5.56 Å². The summed E-state index contributed by atoms with van der Waals surface area (Å²) >= 11 is 0.716. The predicted molar refractivity (Wildman–Crippen MR) is 105 cm³/mol. The number of nitrogens with zero attached hydrogens (tertiary/aromatic N) is 3. The maximum atomic E-state index is 12.6. The van der Waals surface area contributed by atoms with Crippen LogP contribution in [0.4, 0.5) is 10.7 Å². The fourth-order valence-electron chi connectivity index (χ4n) is 2.89. The molecule has 1 aliphatic rings. The van der Waals surface area contributed by atoms with E-state index in [1.165, 1.54) is 4.31 Å². The molecule has 0 atom stereocenters. The van der Waals surface area contributed by atoms with E-state index in [1.807, 2.05) is 0 Å². The van der Waals surface area contributed by atoms with Gasteiger partial charge < -0.3 is 4.90 Å². The van der Waals surface area contributed by atoms with Crippen LogP contribution in [0.25, 0.3) is 0 Å². The summed E-state index contributed by atoms with van der Waals surface area (Å²) in [5.74, 6) is -0.122. The van der Waals surface area contributed by atoms with Crippen molar-refractivity contribution in [2.75, 3.05) is 31.1 Å². The molecule has 1 saturated heterocycles. The molecule has 0 bridgehead atoms. The van der Waals surface area contributed by atoms with Gasteiger partial charge >= 0.3 is 5.69 Å². The molecule has 2 aromatic rings. The second kappa shape index (κ2) is 7.75. The van der Waals surface area contributed by atoms with Gasteiger partial charge in [0.25, 0.3) is 0 Å². The fraction of sp³-hybridized carbons (Fsp3) is 0.333. The van der Waals surface area contributed by atoms with E-state index in [-0.39, 0.29) is 46.8 Å². The van der Waals surface area contributed by atoms with Gasteiger partial charge in [0.2, 0.25) is 20.0 Å². The van der Waals surface area contributed by atoms with Gasteiger partial charge in [-0.3, -0.25) is 10.1 Å². The molecule has 0 spiro atoms. The molecule has 10 nitrogen and oxygen atoms in total. The molecule has 2 N–H and O–H groups in total. The Hall–Kier alpha value is -2.06. The molecule has 3 rings (SSSR count). The summed E-state index contributed by atoms with van der Waals surface area (Å²) in [5.41, 5.74) is 0.325. The lowest BCUT2D eigenvalue weighted by molar-refractivity contribution is -0.383. The first-order valence-corrected chi connectivity index (χ1v) is 12.1. The van der Waals surface area contributed by atoms with Crippen molar-refractivity contribution in [2.24, 2.45) is 5.14 Å². The number of piperazine rings is 1. The molecular formula is C15H18N4O6S3. The minimum atomic E-state index is -4.06. The topological polar surface area (TPSA) is 144 Å². The molecule has 13 heteroatoms. The Kier molecular flexibility index (Phi) is 5.72. The number of sulfonamides is 2. The van der Waals surface area contributed by atoms with E-state index in [4.69, 9.17) is 5.14 Å². The monoisotopic (exact) mass is 446 g/mol. The fourth-order valence-corrected chi connectivity index (χ4v) is 6.30. The summed E-state index contributed by atoms with van der Waals surface area (Å²) in [4.78, 5) is 12.2. The molecule has 152 valence electrons. The third kappa shape index (κ3) is 4.50. The molecular weight excluding hydrogens is 428 g/mol. The minimum absolute atomic E-state index is 0.122. The number of rotatable bonds is 6. The number of thiophene rings is 1. The van der Waals surface area contributed by atoms with Crippen LogP contribution in [0.3, 0.4) is 0 Å². The van der Waals surface area contributed by atoms with Gasteiger partial charge in [0, 0.05) is 32.2 Å². The van der Waals surface area contributed by atoms with Crippen molar-refractivity contribution in [1.82, 2.24) is 4.31 Å². The van der Waals surface area contributed by atoms with E-state index in [0.717, 1.165) is 6.07 Å². The lowest BCUT2D eigenvalue weighted by Crippen LogP contribution is -2.48. The van der Waals surface area contributed by atoms with Gasteiger partial charge in [-0.2, -0.15) is 4.31 Å². The first-order chi connectivity index (χ1) is 13.1. The Morgan fingerprint density at radius 2 is 1.68 bits per heavy atom. The van der Waals surface area contributed by atoms with Crippen molar-refractivity contribution in [3.05, 3.63) is 52.1 Å². The van der Waals surface area contributed by atoms with Crippen LogP contribution in [0.5, 0.6) is 0 Å². The van der Waals surface area contributed by atoms with Crippen LogP contribution in [0, 0.1) is 10.1 Å². The highest BCUT2D eigenvalue weighted by Crippen LogP contribution is 2.39. The van der Waals surface area contributed by atoms with Crippen molar-refractivity contribution >= 4 is 42.1 Å². The van der Waals surface area contributed by atoms with E-state index in [2.05, 4.69) is 0 Å². The molecule has 0 saturated carbocycles. The third-order valence-electron chi connectivity index (χ3n) is 4.26. The zero-order chi connectivity index (χ0) is 20.5. The molecule has 1 aromatic heterocycles. The summed E-state index contributed by atoms with van der Waals surface area (Å²) in [7, 11) is -7.59. The van der Waals surface area contributed by atoms with Gasteiger partial charge in [0.1, 0.15) is 4.21 Å². The average Bonchev–Trinajstić information content (AvgIpc) is 3.08. The van der Waals surface area contributed by atoms with Crippen LogP contribution in [-0.4, -0.2) is 52.2 Å². The Morgan fingerprint density at radius 3 is 2.21 bits per heavy atom. The molecule has 2 heterocycles. The van der Waals surface area contributed by atoms with Gasteiger partial charge in [-0.1, -0.05) is 41.7 Å². The van der Waals surface area contributed by atoms with Crippen molar-refractivity contribution in [3.8, 4) is 0 Å². The Bertz CT molecular complexity index is 1070. The first kappa shape index (κ1) is 20.7. The summed E-state index contributed by atoms with van der Waals surface area (Å²) in [6.07, 6.45) is 0. The summed E-state index contributed by atoms with van der Waals surface area (Å²) in [5, 5.41) is 16.5. The first-order valence-electron chi connectivity index (χ1n) is 8.15.